The fraction of sp³-hybridized carbons (Fsp3) is 0.800. The largest absolute Gasteiger partial charge is 0.469 e. The molecule has 0 spiro atoms. The normalized spacial score (nSPS) is 20.6. The first-order chi connectivity index (χ1) is 8.36. The van der Waals surface area contributed by atoms with Crippen molar-refractivity contribution < 1.29 is 9.53 Å². The van der Waals surface area contributed by atoms with Crippen molar-refractivity contribution in [2.45, 2.75) is 64.2 Å². The summed E-state index contributed by atoms with van der Waals surface area (Å²) < 4.78 is 5.00. The van der Waals surface area contributed by atoms with Crippen molar-refractivity contribution in [3.8, 4) is 0 Å². The third-order valence-electron chi connectivity index (χ3n) is 3.91. The van der Waals surface area contributed by atoms with Crippen LogP contribution in [-0.2, 0) is 9.53 Å². The highest BCUT2D eigenvalue weighted by Gasteiger charge is 2.35. The first-order valence-corrected chi connectivity index (χ1v) is 10.7. The summed E-state index contributed by atoms with van der Waals surface area (Å²) in [6.45, 7) is 8.85. The molecular weight excluding hydrogens is 240 g/mol. The second kappa shape index (κ2) is 6.55. The third-order valence-corrected chi connectivity index (χ3v) is 6.33. The molecule has 0 saturated heterocycles. The number of allylic oxidation sites excluding steroid dienone is 1. The van der Waals surface area contributed by atoms with E-state index in [0.717, 1.165) is 0 Å². The van der Waals surface area contributed by atoms with Crippen LogP contribution in [0.25, 0.3) is 0 Å². The number of esters is 1. The summed E-state index contributed by atoms with van der Waals surface area (Å²) in [6.07, 6.45) is 8.99. The predicted octanol–water partition coefficient (Wildman–Crippen LogP) is 4.39. The standard InChI is InChI=1S/C15H28O2Si/c1-12(11-13-9-7-6-8-10-13)14(15(16)17-2)18(3,4)5/h11,13-14H,6-10H2,1-5H3/b12-11-. The van der Waals surface area contributed by atoms with Crippen LogP contribution in [0, 0.1) is 5.92 Å². The van der Waals surface area contributed by atoms with Crippen LogP contribution in [-0.4, -0.2) is 21.2 Å². The zero-order valence-electron chi connectivity index (χ0n) is 12.6. The van der Waals surface area contributed by atoms with Gasteiger partial charge in [-0.3, -0.25) is 4.79 Å². The molecule has 18 heavy (non-hydrogen) atoms. The van der Waals surface area contributed by atoms with Gasteiger partial charge in [0.2, 0.25) is 0 Å². The molecule has 0 aromatic heterocycles. The highest BCUT2D eigenvalue weighted by molar-refractivity contribution is 6.81. The minimum atomic E-state index is -1.56. The lowest BCUT2D eigenvalue weighted by molar-refractivity contribution is -0.139. The molecule has 0 heterocycles. The molecule has 1 aliphatic carbocycles. The van der Waals surface area contributed by atoms with Gasteiger partial charge >= 0.3 is 5.97 Å². The van der Waals surface area contributed by atoms with Gasteiger partial charge in [0.15, 0.2) is 0 Å². The van der Waals surface area contributed by atoms with Gasteiger partial charge in [0.1, 0.15) is 0 Å². The Hall–Kier alpha value is -0.573. The van der Waals surface area contributed by atoms with E-state index in [0.29, 0.717) is 5.92 Å². The second-order valence-electron chi connectivity index (χ2n) is 6.63. The zero-order valence-corrected chi connectivity index (χ0v) is 13.6. The average Bonchev–Trinajstić information content (AvgIpc) is 2.28. The van der Waals surface area contributed by atoms with E-state index >= 15 is 0 Å². The Morgan fingerprint density at radius 1 is 1.22 bits per heavy atom. The monoisotopic (exact) mass is 268 g/mol. The van der Waals surface area contributed by atoms with E-state index < -0.39 is 8.07 Å². The molecule has 0 aromatic rings. The molecule has 3 heteroatoms. The predicted molar refractivity (Wildman–Crippen MR) is 79.4 cm³/mol. The van der Waals surface area contributed by atoms with Gasteiger partial charge in [-0.15, -0.1) is 0 Å². The molecule has 104 valence electrons. The number of ether oxygens (including phenoxy) is 1. The zero-order chi connectivity index (χ0) is 13.8. The summed E-state index contributed by atoms with van der Waals surface area (Å²) in [7, 11) is -0.0578. The molecule has 1 fully saturated rings. The average molecular weight is 268 g/mol. The van der Waals surface area contributed by atoms with Crippen molar-refractivity contribution in [1.29, 1.82) is 0 Å². The Labute approximate surface area is 113 Å². The molecule has 0 N–H and O–H groups in total. The lowest BCUT2D eigenvalue weighted by atomic mass is 9.87. The number of hydrogen-bond acceptors (Lipinski definition) is 2. The molecular formula is C15H28O2Si. The summed E-state index contributed by atoms with van der Waals surface area (Å²) in [5, 5.41) is 0. The summed E-state index contributed by atoms with van der Waals surface area (Å²) >= 11 is 0. The molecule has 0 aliphatic heterocycles. The van der Waals surface area contributed by atoms with E-state index in [2.05, 4.69) is 32.6 Å². The van der Waals surface area contributed by atoms with Gasteiger partial charge in [0.25, 0.3) is 0 Å². The van der Waals surface area contributed by atoms with Crippen LogP contribution < -0.4 is 0 Å². The molecule has 0 radical (unpaired) electrons. The van der Waals surface area contributed by atoms with Crippen LogP contribution in [0.4, 0.5) is 0 Å². The van der Waals surface area contributed by atoms with E-state index in [4.69, 9.17) is 4.74 Å². The minimum absolute atomic E-state index is 0.0180. The maximum absolute atomic E-state index is 12.0. The van der Waals surface area contributed by atoms with Crippen LogP contribution in [0.2, 0.25) is 25.2 Å². The second-order valence-corrected chi connectivity index (χ2v) is 11.9. The van der Waals surface area contributed by atoms with Crippen molar-refractivity contribution in [1.82, 2.24) is 0 Å². The van der Waals surface area contributed by atoms with E-state index in [1.807, 2.05) is 0 Å². The molecule has 2 nitrogen and oxygen atoms in total. The van der Waals surface area contributed by atoms with Crippen molar-refractivity contribution in [2.75, 3.05) is 7.11 Å². The smallest absolute Gasteiger partial charge is 0.309 e. The lowest BCUT2D eigenvalue weighted by Crippen LogP contribution is -2.35. The van der Waals surface area contributed by atoms with Gasteiger partial charge in [-0.05, 0) is 25.7 Å². The summed E-state index contributed by atoms with van der Waals surface area (Å²) in [4.78, 5) is 12.0. The summed E-state index contributed by atoms with van der Waals surface area (Å²) in [6, 6.07) is 0. The van der Waals surface area contributed by atoms with Crippen molar-refractivity contribution >= 4 is 14.0 Å². The maximum Gasteiger partial charge on any atom is 0.309 e. The summed E-state index contributed by atoms with van der Waals surface area (Å²) in [5.74, 6) is 0.640. The Morgan fingerprint density at radius 3 is 2.22 bits per heavy atom. The number of carbonyl (C=O) groups excluding carboxylic acids is 1. The van der Waals surface area contributed by atoms with Crippen molar-refractivity contribution in [3.63, 3.8) is 0 Å². The molecule has 0 aromatic carbocycles. The van der Waals surface area contributed by atoms with Gasteiger partial charge in [-0.1, -0.05) is 50.6 Å². The van der Waals surface area contributed by atoms with Crippen molar-refractivity contribution in [3.05, 3.63) is 11.6 Å². The fourth-order valence-corrected chi connectivity index (χ4v) is 5.40. The van der Waals surface area contributed by atoms with Crippen LogP contribution in [0.1, 0.15) is 39.0 Å². The third kappa shape index (κ3) is 4.27. The molecule has 1 rings (SSSR count). The quantitative estimate of drug-likeness (QED) is 0.429. The molecule has 1 aliphatic rings. The fourth-order valence-electron chi connectivity index (χ4n) is 3.11. The van der Waals surface area contributed by atoms with Crippen LogP contribution in [0.5, 0.6) is 0 Å². The lowest BCUT2D eigenvalue weighted by Gasteiger charge is -2.29. The molecule has 0 amide bonds. The van der Waals surface area contributed by atoms with Crippen molar-refractivity contribution in [2.24, 2.45) is 5.92 Å². The Bertz CT molecular complexity index is 309. The molecule has 1 unspecified atom stereocenters. The molecule has 1 atom stereocenters. The molecule has 1 saturated carbocycles. The SMILES string of the molecule is COC(=O)C(/C(C)=C\C1CCCCC1)[Si](C)(C)C. The van der Waals surface area contributed by atoms with E-state index in [1.54, 1.807) is 0 Å². The van der Waals surface area contributed by atoms with E-state index in [9.17, 15) is 4.79 Å². The van der Waals surface area contributed by atoms with Crippen LogP contribution >= 0.6 is 0 Å². The number of carbonyl (C=O) groups is 1. The van der Waals surface area contributed by atoms with Crippen LogP contribution in [0.3, 0.4) is 0 Å². The molecule has 0 bridgehead atoms. The first kappa shape index (κ1) is 15.5. The van der Waals surface area contributed by atoms with Gasteiger partial charge in [-0.25, -0.2) is 0 Å². The van der Waals surface area contributed by atoms with Gasteiger partial charge in [-0.2, -0.15) is 0 Å². The number of rotatable bonds is 4. The van der Waals surface area contributed by atoms with Gasteiger partial charge < -0.3 is 4.74 Å². The maximum atomic E-state index is 12.0. The first-order valence-electron chi connectivity index (χ1n) is 7.12. The Kier molecular flexibility index (Phi) is 5.64. The minimum Gasteiger partial charge on any atom is -0.469 e. The summed E-state index contributed by atoms with van der Waals surface area (Å²) in [5.41, 5.74) is 1.26. The Morgan fingerprint density at radius 2 is 1.78 bits per heavy atom. The van der Waals surface area contributed by atoms with Crippen LogP contribution in [0.15, 0.2) is 11.6 Å². The van der Waals surface area contributed by atoms with Gasteiger partial charge in [0.05, 0.1) is 20.7 Å². The highest BCUT2D eigenvalue weighted by Crippen LogP contribution is 2.34. The highest BCUT2D eigenvalue weighted by atomic mass is 28.3. The number of hydrogen-bond donors (Lipinski definition) is 0. The Balaban J connectivity index is 2.84. The number of methoxy groups -OCH3 is 1. The van der Waals surface area contributed by atoms with E-state index in [-0.39, 0.29) is 11.5 Å². The van der Waals surface area contributed by atoms with E-state index in [1.165, 1.54) is 44.8 Å². The topological polar surface area (TPSA) is 26.3 Å². The van der Waals surface area contributed by atoms with Gasteiger partial charge in [0, 0.05) is 0 Å².